The van der Waals surface area contributed by atoms with Gasteiger partial charge in [0.2, 0.25) is 0 Å². The quantitative estimate of drug-likeness (QED) is 0.588. The first kappa shape index (κ1) is 15.8. The second kappa shape index (κ2) is 8.89. The van der Waals surface area contributed by atoms with Gasteiger partial charge in [0, 0.05) is 5.75 Å². The van der Waals surface area contributed by atoms with Crippen molar-refractivity contribution in [1.29, 1.82) is 0 Å². The first-order valence-electron chi connectivity index (χ1n) is 5.38. The molecule has 1 heterocycles. The lowest BCUT2D eigenvalue weighted by atomic mass is 10.2. The van der Waals surface area contributed by atoms with Crippen molar-refractivity contribution in [2.24, 2.45) is 5.92 Å². The number of rotatable bonds is 0. The zero-order chi connectivity index (χ0) is 10.9. The van der Waals surface area contributed by atoms with Crippen LogP contribution in [0.5, 0.6) is 0 Å². The fourth-order valence-electron chi connectivity index (χ4n) is 0.776. The van der Waals surface area contributed by atoms with Crippen molar-refractivity contribution in [3.8, 4) is 0 Å². The van der Waals surface area contributed by atoms with Crippen LogP contribution in [0.15, 0.2) is 0 Å². The Kier molecular flexibility index (Phi) is 10.8. The zero-order valence-electron chi connectivity index (χ0n) is 10.3. The van der Waals surface area contributed by atoms with Crippen molar-refractivity contribution >= 4 is 11.8 Å². The van der Waals surface area contributed by atoms with Crippen LogP contribution in [0.1, 0.15) is 48.5 Å². The molecule has 1 unspecified atom stereocenters. The van der Waals surface area contributed by atoms with E-state index in [1.165, 1.54) is 5.75 Å². The molecule has 0 aromatic heterocycles. The maximum atomic E-state index is 5.54. The van der Waals surface area contributed by atoms with Crippen LogP contribution >= 0.6 is 11.8 Å². The highest BCUT2D eigenvalue weighted by Gasteiger charge is 2.25. The van der Waals surface area contributed by atoms with Crippen LogP contribution in [-0.4, -0.2) is 17.3 Å². The van der Waals surface area contributed by atoms with Crippen LogP contribution in [0.2, 0.25) is 0 Å². The van der Waals surface area contributed by atoms with Crippen LogP contribution in [0, 0.1) is 5.92 Å². The maximum absolute atomic E-state index is 5.54. The summed E-state index contributed by atoms with van der Waals surface area (Å²) in [5, 5.41) is 0. The number of ether oxygens (including phenoxy) is 1. The Morgan fingerprint density at radius 1 is 1.15 bits per heavy atom. The number of thioether (sulfide) groups is 1. The van der Waals surface area contributed by atoms with Crippen LogP contribution in [0.3, 0.4) is 0 Å². The summed E-state index contributed by atoms with van der Waals surface area (Å²) in [4.78, 5) is 0.0759. The Morgan fingerprint density at radius 3 is 1.85 bits per heavy atom. The van der Waals surface area contributed by atoms with Gasteiger partial charge in [-0.2, -0.15) is 0 Å². The average Bonchev–Trinajstić information content (AvgIpc) is 2.17. The standard InChI is InChI=1S/C7H14OS.2C2H6/c1-6-4-8-7(2,3)9-5-6;2*1-2/h6H,4-5H2,1-3H3;2*1-2H3. The largest absolute Gasteiger partial charge is 0.365 e. The molecule has 0 bridgehead atoms. The summed E-state index contributed by atoms with van der Waals surface area (Å²) in [6.07, 6.45) is 0. The molecule has 0 saturated carbocycles. The molecular weight excluding hydrogens is 180 g/mol. The minimum absolute atomic E-state index is 0.0759. The third kappa shape index (κ3) is 8.63. The van der Waals surface area contributed by atoms with E-state index in [-0.39, 0.29) is 4.93 Å². The third-order valence-corrected chi connectivity index (χ3v) is 2.98. The summed E-state index contributed by atoms with van der Waals surface area (Å²) in [7, 11) is 0. The van der Waals surface area contributed by atoms with Crippen molar-refractivity contribution in [3.63, 3.8) is 0 Å². The molecule has 1 aliphatic rings. The maximum Gasteiger partial charge on any atom is 0.108 e. The van der Waals surface area contributed by atoms with E-state index in [4.69, 9.17) is 4.74 Å². The molecule has 1 nitrogen and oxygen atoms in total. The summed E-state index contributed by atoms with van der Waals surface area (Å²) in [6.45, 7) is 15.4. The second-order valence-electron chi connectivity index (χ2n) is 3.13. The van der Waals surface area contributed by atoms with Crippen molar-refractivity contribution in [2.45, 2.75) is 53.4 Å². The molecule has 0 spiro atoms. The van der Waals surface area contributed by atoms with Crippen molar-refractivity contribution in [1.82, 2.24) is 0 Å². The Morgan fingerprint density at radius 2 is 1.62 bits per heavy atom. The molecule has 13 heavy (non-hydrogen) atoms. The smallest absolute Gasteiger partial charge is 0.108 e. The molecule has 1 rings (SSSR count). The lowest BCUT2D eigenvalue weighted by molar-refractivity contribution is 0.0261. The molecule has 0 aromatic carbocycles. The highest BCUT2D eigenvalue weighted by molar-refractivity contribution is 8.00. The first-order valence-corrected chi connectivity index (χ1v) is 6.37. The zero-order valence-corrected chi connectivity index (χ0v) is 11.1. The van der Waals surface area contributed by atoms with Gasteiger partial charge in [0.15, 0.2) is 0 Å². The molecule has 1 saturated heterocycles. The fraction of sp³-hybridized carbons (Fsp3) is 1.00. The van der Waals surface area contributed by atoms with E-state index in [9.17, 15) is 0 Å². The first-order chi connectivity index (χ1) is 6.10. The molecule has 1 aliphatic heterocycles. The van der Waals surface area contributed by atoms with E-state index in [0.717, 1.165) is 12.5 Å². The predicted molar refractivity (Wildman–Crippen MR) is 64.3 cm³/mol. The average molecular weight is 206 g/mol. The van der Waals surface area contributed by atoms with Crippen molar-refractivity contribution in [2.75, 3.05) is 12.4 Å². The van der Waals surface area contributed by atoms with Gasteiger partial charge in [-0.1, -0.05) is 34.6 Å². The highest BCUT2D eigenvalue weighted by Crippen LogP contribution is 2.32. The molecule has 0 aliphatic carbocycles. The molecule has 82 valence electrons. The Balaban J connectivity index is 0. The highest BCUT2D eigenvalue weighted by atomic mass is 32.2. The summed E-state index contributed by atoms with van der Waals surface area (Å²) < 4.78 is 5.54. The minimum Gasteiger partial charge on any atom is -0.365 e. The van der Waals surface area contributed by atoms with Crippen molar-refractivity contribution in [3.05, 3.63) is 0 Å². The summed E-state index contributed by atoms with van der Waals surface area (Å²) in [6, 6.07) is 0. The van der Waals surface area contributed by atoms with E-state index in [0.29, 0.717) is 0 Å². The Bertz CT molecular complexity index is 92.3. The van der Waals surface area contributed by atoms with E-state index in [1.807, 2.05) is 39.5 Å². The summed E-state index contributed by atoms with van der Waals surface area (Å²) in [5.41, 5.74) is 0. The molecule has 1 fully saturated rings. The van der Waals surface area contributed by atoms with E-state index in [2.05, 4.69) is 20.8 Å². The van der Waals surface area contributed by atoms with Crippen molar-refractivity contribution < 1.29 is 4.74 Å². The van der Waals surface area contributed by atoms with Crippen LogP contribution in [0.4, 0.5) is 0 Å². The molecule has 0 amide bonds. The van der Waals surface area contributed by atoms with Crippen LogP contribution in [-0.2, 0) is 4.74 Å². The molecule has 1 atom stereocenters. The predicted octanol–water partition coefficient (Wildman–Crippen LogP) is 4.17. The molecule has 2 heteroatoms. The van der Waals surface area contributed by atoms with Crippen LogP contribution in [0.25, 0.3) is 0 Å². The Hall–Kier alpha value is 0.310. The van der Waals surface area contributed by atoms with Gasteiger partial charge in [0.1, 0.15) is 4.93 Å². The summed E-state index contributed by atoms with van der Waals surface area (Å²) >= 11 is 1.91. The monoisotopic (exact) mass is 206 g/mol. The van der Waals surface area contributed by atoms with Crippen LogP contribution < -0.4 is 0 Å². The fourth-order valence-corrected chi connectivity index (χ4v) is 1.71. The second-order valence-corrected chi connectivity index (χ2v) is 4.73. The van der Waals surface area contributed by atoms with Gasteiger partial charge in [0.05, 0.1) is 6.61 Å². The van der Waals surface area contributed by atoms with E-state index in [1.54, 1.807) is 0 Å². The minimum atomic E-state index is 0.0759. The van der Waals surface area contributed by atoms with Gasteiger partial charge in [-0.05, 0) is 19.8 Å². The number of hydrogen-bond acceptors (Lipinski definition) is 2. The van der Waals surface area contributed by atoms with Gasteiger partial charge in [-0.3, -0.25) is 0 Å². The molecule has 0 aromatic rings. The summed E-state index contributed by atoms with van der Waals surface area (Å²) in [5.74, 6) is 1.98. The lowest BCUT2D eigenvalue weighted by Gasteiger charge is -2.32. The van der Waals surface area contributed by atoms with Gasteiger partial charge < -0.3 is 4.74 Å². The van der Waals surface area contributed by atoms with E-state index >= 15 is 0 Å². The topological polar surface area (TPSA) is 9.23 Å². The molecular formula is C11H26OS. The van der Waals surface area contributed by atoms with Gasteiger partial charge >= 0.3 is 0 Å². The van der Waals surface area contributed by atoms with E-state index < -0.39 is 0 Å². The lowest BCUT2D eigenvalue weighted by Crippen LogP contribution is -2.30. The molecule has 0 radical (unpaired) electrons. The van der Waals surface area contributed by atoms with Gasteiger partial charge in [-0.25, -0.2) is 0 Å². The Labute approximate surface area is 88.6 Å². The van der Waals surface area contributed by atoms with Gasteiger partial charge in [-0.15, -0.1) is 11.8 Å². The normalized spacial score (nSPS) is 24.7. The molecule has 0 N–H and O–H groups in total. The van der Waals surface area contributed by atoms with Gasteiger partial charge in [0.25, 0.3) is 0 Å². The third-order valence-electron chi connectivity index (χ3n) is 1.43. The SMILES string of the molecule is CC.CC.CC1COC(C)(C)SC1. The number of hydrogen-bond donors (Lipinski definition) is 0.